The number of aromatic nitrogens is 1. The van der Waals surface area contributed by atoms with E-state index in [4.69, 9.17) is 16.3 Å². The summed E-state index contributed by atoms with van der Waals surface area (Å²) in [4.78, 5) is 43.5. The third kappa shape index (κ3) is 5.89. The van der Waals surface area contributed by atoms with Crippen molar-refractivity contribution in [1.29, 1.82) is 0 Å². The number of hydrogen-bond acceptors (Lipinski definition) is 7. The average Bonchev–Trinajstić information content (AvgIpc) is 3.85. The minimum Gasteiger partial charge on any atom is -0.449 e. The predicted molar refractivity (Wildman–Crippen MR) is 169 cm³/mol. The number of nitrogens with zero attached hydrogens (tertiary/aromatic N) is 1. The van der Waals surface area contributed by atoms with Gasteiger partial charge in [0.2, 0.25) is 5.91 Å². The van der Waals surface area contributed by atoms with Gasteiger partial charge in [0, 0.05) is 47.5 Å². The molecule has 2 aliphatic heterocycles. The summed E-state index contributed by atoms with van der Waals surface area (Å²) in [5, 5.41) is 7.09. The molecule has 228 valence electrons. The molecule has 0 spiro atoms. The lowest BCUT2D eigenvalue weighted by molar-refractivity contribution is -0.131. The molecule has 0 unspecified atom stereocenters. The Balaban J connectivity index is 1.44. The first-order valence-electron chi connectivity index (χ1n) is 14.2. The Hall–Kier alpha value is -4.35. The molecule has 1 saturated carbocycles. The highest BCUT2D eigenvalue weighted by Gasteiger charge is 2.38. The van der Waals surface area contributed by atoms with Gasteiger partial charge in [-0.25, -0.2) is 13.2 Å². The number of anilines is 2. The molecular weight excluding hydrogens is 604 g/mol. The number of pyridine rings is 1. The smallest absolute Gasteiger partial charge is 0.411 e. The molecule has 3 aliphatic rings. The maximum absolute atomic E-state index is 14.2. The van der Waals surface area contributed by atoms with Crippen LogP contribution in [0.25, 0.3) is 10.8 Å². The third-order valence-electron chi connectivity index (χ3n) is 8.05. The number of likely N-dealkylation sites (N-methyl/N-ethyl adjacent to an activating group) is 1. The van der Waals surface area contributed by atoms with E-state index in [0.717, 1.165) is 10.9 Å². The summed E-state index contributed by atoms with van der Waals surface area (Å²) >= 11 is 6.71. The molecular formula is C32H31ClN4O6S. The highest BCUT2D eigenvalue weighted by atomic mass is 35.5. The van der Waals surface area contributed by atoms with Crippen LogP contribution in [0.2, 0.25) is 5.02 Å². The van der Waals surface area contributed by atoms with Crippen molar-refractivity contribution in [1.82, 2.24) is 9.88 Å². The number of amides is 2. The molecule has 1 aliphatic carbocycles. The van der Waals surface area contributed by atoms with E-state index >= 15 is 0 Å². The first-order valence-corrected chi connectivity index (χ1v) is 16.2. The summed E-state index contributed by atoms with van der Waals surface area (Å²) in [7, 11) is -2.03. The SMILES string of the molecule is C[C@H]1COC(=O)Nc2ccc(S(=O)(=O)C3CC3)c(c2)CN(C)C(=O)[C@H](Nc2ccc3cc[nH]c(=O)c3c2)c2ccc1c(Cl)c2. The predicted octanol–water partition coefficient (Wildman–Crippen LogP) is 5.60. The van der Waals surface area contributed by atoms with E-state index in [2.05, 4.69) is 15.6 Å². The molecule has 1 aromatic heterocycles. The lowest BCUT2D eigenvalue weighted by Gasteiger charge is -2.27. The van der Waals surface area contributed by atoms with Crippen molar-refractivity contribution in [2.75, 3.05) is 24.3 Å². The van der Waals surface area contributed by atoms with Crippen molar-refractivity contribution in [3.8, 4) is 0 Å². The van der Waals surface area contributed by atoms with Gasteiger partial charge in [0.25, 0.3) is 5.56 Å². The quantitative estimate of drug-likeness (QED) is 0.266. The molecule has 3 aromatic carbocycles. The molecule has 4 bridgehead atoms. The maximum Gasteiger partial charge on any atom is 0.411 e. The monoisotopic (exact) mass is 634 g/mol. The largest absolute Gasteiger partial charge is 0.449 e. The maximum atomic E-state index is 14.2. The van der Waals surface area contributed by atoms with E-state index in [-0.39, 0.29) is 35.4 Å². The molecule has 12 heteroatoms. The number of H-pyrrole nitrogens is 1. The number of carbonyl (C=O) groups excluding carboxylic acids is 2. The van der Waals surface area contributed by atoms with Gasteiger partial charge in [0.15, 0.2) is 9.84 Å². The molecule has 0 saturated heterocycles. The van der Waals surface area contributed by atoms with Crippen molar-refractivity contribution in [2.24, 2.45) is 0 Å². The number of aromatic amines is 1. The molecule has 2 amide bonds. The van der Waals surface area contributed by atoms with Crippen LogP contribution >= 0.6 is 11.6 Å². The van der Waals surface area contributed by atoms with Crippen molar-refractivity contribution in [2.45, 2.75) is 48.4 Å². The Morgan fingerprint density at radius 3 is 2.55 bits per heavy atom. The summed E-state index contributed by atoms with van der Waals surface area (Å²) in [5.41, 5.74) is 2.30. The zero-order chi connectivity index (χ0) is 31.2. The number of nitrogens with one attached hydrogen (secondary N) is 3. The van der Waals surface area contributed by atoms with E-state index in [1.54, 1.807) is 61.8 Å². The third-order valence-corrected chi connectivity index (χ3v) is 10.7. The van der Waals surface area contributed by atoms with Gasteiger partial charge < -0.3 is 19.9 Å². The number of sulfone groups is 1. The second-order valence-electron chi connectivity index (χ2n) is 11.4. The zero-order valence-corrected chi connectivity index (χ0v) is 25.7. The van der Waals surface area contributed by atoms with Gasteiger partial charge in [0.1, 0.15) is 6.04 Å². The number of carbonyl (C=O) groups is 2. The number of hydrogen-bond donors (Lipinski definition) is 3. The standard InChI is InChI=1S/C32H31ClN4O6S/c1-18-17-43-32(40)36-22-6-10-28(44(41,42)24-7-8-24)21(13-22)16-37(2)31(39)29(20-4-9-25(18)27(33)14-20)35-23-5-3-19-11-12-34-30(38)26(19)15-23/h3-6,9-15,18,24,29,35H,7-8,16-17H2,1-2H3,(H,34,38)(H,36,40)/t18-,29+/m0/s1. The minimum absolute atomic E-state index is 0.0425. The Kier molecular flexibility index (Phi) is 7.85. The number of rotatable bonds is 4. The van der Waals surface area contributed by atoms with E-state index in [9.17, 15) is 22.8 Å². The Morgan fingerprint density at radius 1 is 1.00 bits per heavy atom. The van der Waals surface area contributed by atoms with Crippen molar-refractivity contribution < 1.29 is 22.7 Å². The van der Waals surface area contributed by atoms with Crippen molar-refractivity contribution >= 4 is 55.6 Å². The lowest BCUT2D eigenvalue weighted by Crippen LogP contribution is -2.35. The number of benzene rings is 3. The van der Waals surface area contributed by atoms with Crippen LogP contribution in [-0.2, 0) is 25.9 Å². The summed E-state index contributed by atoms with van der Waals surface area (Å²) in [5.74, 6) is -0.614. The summed E-state index contributed by atoms with van der Waals surface area (Å²) in [6.45, 7) is 1.86. The molecule has 0 radical (unpaired) electrons. The van der Waals surface area contributed by atoms with Crippen LogP contribution in [0.5, 0.6) is 0 Å². The fourth-order valence-electron chi connectivity index (χ4n) is 5.46. The fraction of sp³-hybridized carbons (Fsp3) is 0.281. The zero-order valence-electron chi connectivity index (χ0n) is 24.1. The molecule has 3 heterocycles. The molecule has 3 N–H and O–H groups in total. The van der Waals surface area contributed by atoms with Gasteiger partial charge >= 0.3 is 6.09 Å². The van der Waals surface area contributed by atoms with E-state index in [1.807, 2.05) is 6.92 Å². The van der Waals surface area contributed by atoms with Gasteiger partial charge in [-0.15, -0.1) is 0 Å². The van der Waals surface area contributed by atoms with E-state index < -0.39 is 27.2 Å². The number of ether oxygens (including phenoxy) is 1. The van der Waals surface area contributed by atoms with Gasteiger partial charge in [0.05, 0.1) is 16.8 Å². The van der Waals surface area contributed by atoms with Crippen LogP contribution in [-0.4, -0.2) is 49.2 Å². The molecule has 1 fully saturated rings. The van der Waals surface area contributed by atoms with Crippen molar-refractivity contribution in [3.63, 3.8) is 0 Å². The van der Waals surface area contributed by atoms with Crippen LogP contribution in [0.3, 0.4) is 0 Å². The van der Waals surface area contributed by atoms with Crippen LogP contribution in [0.1, 0.15) is 48.4 Å². The second-order valence-corrected chi connectivity index (χ2v) is 14.0. The van der Waals surface area contributed by atoms with Gasteiger partial charge in [-0.3, -0.25) is 14.9 Å². The number of fused-ring (bicyclic) bond motifs is 10. The normalized spacial score (nSPS) is 19.5. The van der Waals surface area contributed by atoms with Gasteiger partial charge in [-0.05, 0) is 77.4 Å². The van der Waals surface area contributed by atoms with Crippen LogP contribution in [0.4, 0.5) is 16.2 Å². The Labute approximate surface area is 259 Å². The average molecular weight is 635 g/mol. The van der Waals surface area contributed by atoms with Crippen molar-refractivity contribution in [3.05, 3.63) is 98.9 Å². The molecule has 44 heavy (non-hydrogen) atoms. The van der Waals surface area contributed by atoms with Crippen LogP contribution in [0.15, 0.2) is 76.6 Å². The summed E-state index contributed by atoms with van der Waals surface area (Å²) in [6.07, 6.45) is 2.05. The minimum atomic E-state index is -3.62. The molecule has 7 rings (SSSR count). The summed E-state index contributed by atoms with van der Waals surface area (Å²) in [6, 6.07) is 16.0. The Bertz CT molecular complexity index is 1960. The highest BCUT2D eigenvalue weighted by molar-refractivity contribution is 7.92. The van der Waals surface area contributed by atoms with E-state index in [1.165, 1.54) is 17.0 Å². The fourth-order valence-corrected chi connectivity index (χ4v) is 7.70. The second kappa shape index (κ2) is 11.6. The first kappa shape index (κ1) is 29.7. The topological polar surface area (TPSA) is 138 Å². The first-order chi connectivity index (χ1) is 21.0. The molecule has 4 aromatic rings. The molecule has 2 atom stereocenters. The highest BCUT2D eigenvalue weighted by Crippen LogP contribution is 2.37. The number of halogens is 1. The van der Waals surface area contributed by atoms with E-state index in [0.29, 0.717) is 45.8 Å². The van der Waals surface area contributed by atoms with Gasteiger partial charge in [-0.1, -0.05) is 36.7 Å². The van der Waals surface area contributed by atoms with Gasteiger partial charge in [-0.2, -0.15) is 0 Å². The Morgan fingerprint density at radius 2 is 1.80 bits per heavy atom. The van der Waals surface area contributed by atoms with Crippen LogP contribution < -0.4 is 16.2 Å². The molecule has 10 nitrogen and oxygen atoms in total. The lowest BCUT2D eigenvalue weighted by atomic mass is 9.97. The summed E-state index contributed by atoms with van der Waals surface area (Å²) < 4.78 is 32.1. The van der Waals surface area contributed by atoms with Crippen LogP contribution in [0, 0.1) is 0 Å².